The quantitative estimate of drug-likeness (QED) is 0.221. The number of nitrogens with zero attached hydrogens (tertiary/aromatic N) is 1. The molecular weight excluding hydrogens is 502 g/mol. The molecule has 1 fully saturated rings. The lowest BCUT2D eigenvalue weighted by molar-refractivity contribution is -0.138. The van der Waals surface area contributed by atoms with E-state index in [1.165, 1.54) is 12.1 Å². The summed E-state index contributed by atoms with van der Waals surface area (Å²) in [5.74, 6) is -0.886. The van der Waals surface area contributed by atoms with Crippen molar-refractivity contribution >= 4 is 12.0 Å². The fourth-order valence-electron chi connectivity index (χ4n) is 4.68. The number of likely N-dealkylation sites (tertiary alicyclic amines) is 1. The highest BCUT2D eigenvalue weighted by atomic mass is 19.4. The van der Waals surface area contributed by atoms with E-state index in [0.717, 1.165) is 43.2 Å². The van der Waals surface area contributed by atoms with Gasteiger partial charge in [0.15, 0.2) is 0 Å². The molecule has 0 saturated carbocycles. The van der Waals surface area contributed by atoms with Crippen molar-refractivity contribution < 1.29 is 36.9 Å². The van der Waals surface area contributed by atoms with Gasteiger partial charge in [0, 0.05) is 18.7 Å². The molecule has 9 heteroatoms. The smallest absolute Gasteiger partial charge is 0.416 e. The first-order valence-corrected chi connectivity index (χ1v) is 12.8. The molecule has 0 radical (unpaired) electrons. The predicted octanol–water partition coefficient (Wildman–Crippen LogP) is 5.87. The lowest BCUT2D eigenvalue weighted by atomic mass is 9.99. The lowest BCUT2D eigenvalue weighted by Gasteiger charge is -2.27. The van der Waals surface area contributed by atoms with Crippen LogP contribution in [0.1, 0.15) is 60.6 Å². The minimum atomic E-state index is -4.54. The van der Waals surface area contributed by atoms with E-state index in [-0.39, 0.29) is 30.6 Å². The van der Waals surface area contributed by atoms with E-state index < -0.39 is 29.9 Å². The number of aliphatic hydroxyl groups is 1. The van der Waals surface area contributed by atoms with Gasteiger partial charge in [0.25, 0.3) is 0 Å². The Morgan fingerprint density at radius 2 is 2.00 bits per heavy atom. The number of carbonyl (C=O) groups excluding carboxylic acids is 1. The van der Waals surface area contributed by atoms with Gasteiger partial charge in [-0.1, -0.05) is 18.2 Å². The van der Waals surface area contributed by atoms with Crippen molar-refractivity contribution in [3.8, 4) is 0 Å². The molecule has 1 aliphatic rings. The molecule has 3 rings (SSSR count). The summed E-state index contributed by atoms with van der Waals surface area (Å²) in [5, 5.41) is 10.7. The number of halogens is 4. The molecule has 1 aliphatic heterocycles. The van der Waals surface area contributed by atoms with Crippen LogP contribution in [0.15, 0.2) is 42.5 Å². The number of hydrogen-bond acceptors (Lipinski definition) is 5. The third-order valence-corrected chi connectivity index (χ3v) is 6.73. The molecule has 2 aromatic rings. The molecule has 0 spiro atoms. The van der Waals surface area contributed by atoms with Gasteiger partial charge >= 0.3 is 12.1 Å². The normalized spacial score (nSPS) is 18.2. The summed E-state index contributed by atoms with van der Waals surface area (Å²) in [6, 6.07) is 8.69. The van der Waals surface area contributed by atoms with Crippen molar-refractivity contribution in [1.29, 1.82) is 0 Å². The van der Waals surface area contributed by atoms with E-state index >= 15 is 0 Å². The highest BCUT2D eigenvalue weighted by Crippen LogP contribution is 2.33. The zero-order chi connectivity index (χ0) is 27.9. The number of benzene rings is 2. The summed E-state index contributed by atoms with van der Waals surface area (Å²) in [7, 11) is 0. The van der Waals surface area contributed by atoms with Crippen LogP contribution in [0.25, 0.3) is 6.08 Å². The molecular formula is C29H35F4NO4. The number of aryl methyl sites for hydroxylation is 1. The van der Waals surface area contributed by atoms with Crippen LogP contribution in [0.5, 0.6) is 0 Å². The van der Waals surface area contributed by atoms with Gasteiger partial charge in [0.2, 0.25) is 0 Å². The van der Waals surface area contributed by atoms with Crippen LogP contribution >= 0.6 is 0 Å². The zero-order valence-electron chi connectivity index (χ0n) is 21.9. The van der Waals surface area contributed by atoms with Crippen LogP contribution in [0.4, 0.5) is 17.6 Å². The van der Waals surface area contributed by atoms with E-state index in [0.29, 0.717) is 24.1 Å². The maximum atomic E-state index is 14.0. The van der Waals surface area contributed by atoms with Crippen molar-refractivity contribution in [2.45, 2.75) is 64.5 Å². The van der Waals surface area contributed by atoms with Crippen LogP contribution in [-0.4, -0.2) is 54.4 Å². The molecule has 0 bridgehead atoms. The summed E-state index contributed by atoms with van der Waals surface area (Å²) >= 11 is 0. The molecule has 2 aromatic carbocycles. The van der Waals surface area contributed by atoms with Crippen LogP contribution in [0.3, 0.4) is 0 Å². The fraction of sp³-hybridized carbons (Fsp3) is 0.483. The lowest BCUT2D eigenvalue weighted by Crippen LogP contribution is -2.39. The molecule has 1 heterocycles. The summed E-state index contributed by atoms with van der Waals surface area (Å²) in [4.78, 5) is 13.9. The average molecular weight is 538 g/mol. The monoisotopic (exact) mass is 537 g/mol. The number of esters is 1. The molecule has 38 heavy (non-hydrogen) atoms. The molecule has 0 aromatic heterocycles. The number of ether oxygens (including phenoxy) is 2. The molecule has 208 valence electrons. The van der Waals surface area contributed by atoms with Gasteiger partial charge in [-0.15, -0.1) is 0 Å². The minimum Gasteiger partial charge on any atom is -0.463 e. The highest BCUT2D eigenvalue weighted by Gasteiger charge is 2.31. The highest BCUT2D eigenvalue weighted by molar-refractivity contribution is 5.87. The van der Waals surface area contributed by atoms with Crippen molar-refractivity contribution in [2.24, 2.45) is 0 Å². The van der Waals surface area contributed by atoms with Crippen LogP contribution in [0.2, 0.25) is 0 Å². The predicted molar refractivity (Wildman–Crippen MR) is 137 cm³/mol. The molecule has 0 unspecified atom stereocenters. The molecule has 1 saturated heterocycles. The topological polar surface area (TPSA) is 59.0 Å². The summed E-state index contributed by atoms with van der Waals surface area (Å²) in [6.07, 6.45) is -1.03. The van der Waals surface area contributed by atoms with Gasteiger partial charge in [0.05, 0.1) is 31.0 Å². The standard InChI is InChI=1S/C29H35F4NO4/c1-4-37-28(36)12-9-22-16-23(29(31,32)33)10-11-26(22)20(3)38-18-25(35)17-34-13-5-6-24(34)14-21-8-7-19(2)27(30)15-21/h7-12,15-16,20,24-25,35H,4-6,13-14,17-18H2,1-3H3/b12-9+/t20-,24+,25-/m1/s1. The third kappa shape index (κ3) is 8.38. The fourth-order valence-corrected chi connectivity index (χ4v) is 4.68. The summed E-state index contributed by atoms with van der Waals surface area (Å²) in [6.45, 7) is 6.35. The van der Waals surface area contributed by atoms with Crippen LogP contribution < -0.4 is 0 Å². The first kappa shape index (κ1) is 29.8. The Balaban J connectivity index is 1.62. The van der Waals surface area contributed by atoms with Gasteiger partial charge in [-0.2, -0.15) is 13.2 Å². The van der Waals surface area contributed by atoms with Gasteiger partial charge in [-0.05, 0) is 93.1 Å². The first-order chi connectivity index (χ1) is 18.0. The second-order valence-corrected chi connectivity index (χ2v) is 9.63. The van der Waals surface area contributed by atoms with E-state index in [2.05, 4.69) is 4.90 Å². The van der Waals surface area contributed by atoms with Crippen LogP contribution in [0, 0.1) is 12.7 Å². The molecule has 1 N–H and O–H groups in total. The Kier molecular flexibility index (Phi) is 10.5. The number of rotatable bonds is 11. The third-order valence-electron chi connectivity index (χ3n) is 6.73. The van der Waals surface area contributed by atoms with Crippen molar-refractivity contribution in [2.75, 3.05) is 26.3 Å². The number of aliphatic hydroxyl groups excluding tert-OH is 1. The Hall–Kier alpha value is -2.75. The summed E-state index contributed by atoms with van der Waals surface area (Å²) in [5.41, 5.74) is 1.30. The Morgan fingerprint density at radius 3 is 2.68 bits per heavy atom. The van der Waals surface area contributed by atoms with E-state index in [4.69, 9.17) is 9.47 Å². The number of β-amino-alcohol motifs (C(OH)–C–C–N with tert-alkyl or cyclic N) is 1. The SMILES string of the molecule is CCOC(=O)/C=C/c1cc(C(F)(F)F)ccc1[C@@H](C)OC[C@H](O)CN1CCC[C@H]1Cc1ccc(C)c(F)c1. The second kappa shape index (κ2) is 13.4. The Bertz CT molecular complexity index is 1120. The summed E-state index contributed by atoms with van der Waals surface area (Å²) < 4.78 is 64.4. The van der Waals surface area contributed by atoms with Gasteiger partial charge in [-0.25, -0.2) is 9.18 Å². The molecule has 0 amide bonds. The minimum absolute atomic E-state index is 0.0222. The van der Waals surface area contributed by atoms with Crippen LogP contribution in [-0.2, 0) is 26.9 Å². The number of carbonyl (C=O) groups is 1. The Morgan fingerprint density at radius 1 is 1.24 bits per heavy atom. The molecule has 3 atom stereocenters. The van der Waals surface area contributed by atoms with Crippen molar-refractivity contribution in [1.82, 2.24) is 4.90 Å². The van der Waals surface area contributed by atoms with Gasteiger partial charge in [-0.3, -0.25) is 4.90 Å². The largest absolute Gasteiger partial charge is 0.463 e. The molecule has 5 nitrogen and oxygen atoms in total. The molecule has 0 aliphatic carbocycles. The zero-order valence-corrected chi connectivity index (χ0v) is 21.9. The second-order valence-electron chi connectivity index (χ2n) is 9.63. The van der Waals surface area contributed by atoms with Crippen molar-refractivity contribution in [3.05, 3.63) is 76.1 Å². The van der Waals surface area contributed by atoms with E-state index in [1.54, 1.807) is 32.9 Å². The average Bonchev–Trinajstić information content (AvgIpc) is 3.29. The van der Waals surface area contributed by atoms with Gasteiger partial charge in [0.1, 0.15) is 5.82 Å². The number of hydrogen-bond donors (Lipinski definition) is 1. The maximum absolute atomic E-state index is 14.0. The number of alkyl halides is 3. The Labute approximate surface area is 221 Å². The maximum Gasteiger partial charge on any atom is 0.416 e. The van der Waals surface area contributed by atoms with E-state index in [9.17, 15) is 27.5 Å². The van der Waals surface area contributed by atoms with Crippen molar-refractivity contribution in [3.63, 3.8) is 0 Å². The van der Waals surface area contributed by atoms with E-state index in [1.807, 2.05) is 6.07 Å². The van der Waals surface area contributed by atoms with Gasteiger partial charge < -0.3 is 14.6 Å². The first-order valence-electron chi connectivity index (χ1n) is 12.8.